The minimum atomic E-state index is -0.518. The number of aryl methyl sites for hydroxylation is 2. The molecule has 2 amide bonds. The van der Waals surface area contributed by atoms with Crippen molar-refractivity contribution in [2.45, 2.75) is 46.6 Å². The Balaban J connectivity index is 1.32. The maximum absolute atomic E-state index is 12.7. The Morgan fingerprint density at radius 3 is 2.65 bits per heavy atom. The minimum absolute atomic E-state index is 0.201. The Labute approximate surface area is 198 Å². The summed E-state index contributed by atoms with van der Waals surface area (Å²) in [4.78, 5) is 44.2. The van der Waals surface area contributed by atoms with Gasteiger partial charge in [0.1, 0.15) is 22.9 Å². The average molecular weight is 467 g/mol. The number of rotatable bonds is 5. The molecule has 0 radical (unpaired) electrons. The number of aromatic nitrogens is 5. The molecule has 180 valence electrons. The molecule has 0 spiro atoms. The fourth-order valence-electron chi connectivity index (χ4n) is 3.87. The van der Waals surface area contributed by atoms with Crippen LogP contribution in [0, 0.1) is 19.8 Å². The fraction of sp³-hybridized carbons (Fsp3) is 0.478. The first-order valence-electron chi connectivity index (χ1n) is 11.3. The molecule has 0 aliphatic carbocycles. The highest BCUT2D eigenvalue weighted by Crippen LogP contribution is 2.21. The van der Waals surface area contributed by atoms with Crippen LogP contribution in [0.1, 0.15) is 49.1 Å². The van der Waals surface area contributed by atoms with Crippen LogP contribution in [0.4, 0.5) is 16.4 Å². The summed E-state index contributed by atoms with van der Waals surface area (Å²) >= 11 is 0. The molecule has 3 aromatic heterocycles. The van der Waals surface area contributed by atoms with Crippen LogP contribution in [0.5, 0.6) is 0 Å². The highest BCUT2D eigenvalue weighted by atomic mass is 16.6. The molecule has 34 heavy (non-hydrogen) atoms. The maximum atomic E-state index is 12.7. The molecule has 1 saturated heterocycles. The van der Waals surface area contributed by atoms with Gasteiger partial charge in [-0.25, -0.2) is 24.7 Å². The van der Waals surface area contributed by atoms with Crippen LogP contribution in [0.2, 0.25) is 0 Å². The summed E-state index contributed by atoms with van der Waals surface area (Å²) < 4.78 is 7.12. The van der Waals surface area contributed by atoms with Crippen molar-refractivity contribution in [2.24, 2.45) is 5.92 Å². The van der Waals surface area contributed by atoms with Crippen molar-refractivity contribution in [1.82, 2.24) is 29.7 Å². The molecule has 0 unspecified atom stereocenters. The first kappa shape index (κ1) is 23.4. The number of ether oxygens (including phenoxy) is 1. The number of amides is 2. The van der Waals surface area contributed by atoms with E-state index < -0.39 is 11.7 Å². The summed E-state index contributed by atoms with van der Waals surface area (Å²) in [7, 11) is 0. The molecule has 1 atom stereocenters. The SMILES string of the molecule is Cc1cn2cc(NC(=O)c3cnc(N4CC[C@@H](CNC(=O)OC(C)(C)C)C4)cn3)nc(C)c2n1. The quantitative estimate of drug-likeness (QED) is 0.588. The molecular formula is C23H30N8O3. The molecule has 11 nitrogen and oxygen atoms in total. The summed E-state index contributed by atoms with van der Waals surface area (Å²) in [6.07, 6.45) is 7.16. The molecule has 0 aromatic carbocycles. The first-order chi connectivity index (χ1) is 16.1. The third kappa shape index (κ3) is 5.59. The van der Waals surface area contributed by atoms with Crippen LogP contribution in [0.15, 0.2) is 24.8 Å². The molecule has 0 bridgehead atoms. The van der Waals surface area contributed by atoms with E-state index in [0.717, 1.165) is 36.5 Å². The second-order valence-electron chi connectivity index (χ2n) is 9.52. The van der Waals surface area contributed by atoms with Gasteiger partial charge in [0.05, 0.1) is 30.0 Å². The summed E-state index contributed by atoms with van der Waals surface area (Å²) in [5.41, 5.74) is 2.03. The summed E-state index contributed by atoms with van der Waals surface area (Å²) in [6, 6.07) is 0. The molecule has 1 fully saturated rings. The standard InChI is InChI=1S/C23H30N8O3/c1-14-11-31-13-18(28-15(2)20(31)27-14)29-21(32)17-9-25-19(10-24-17)30-7-6-16(12-30)8-26-22(33)34-23(3,4)5/h9-11,13,16H,6-8,12H2,1-5H3,(H,26,33)(H,29,32)/t16-/m0/s1. The van der Waals surface area contributed by atoms with E-state index >= 15 is 0 Å². The van der Waals surface area contributed by atoms with Gasteiger partial charge < -0.3 is 24.7 Å². The van der Waals surface area contributed by atoms with Crippen molar-refractivity contribution < 1.29 is 14.3 Å². The zero-order chi connectivity index (χ0) is 24.5. The van der Waals surface area contributed by atoms with Gasteiger partial charge in [-0.1, -0.05) is 0 Å². The number of nitrogens with zero attached hydrogens (tertiary/aromatic N) is 6. The number of fused-ring (bicyclic) bond motifs is 1. The van der Waals surface area contributed by atoms with E-state index in [-0.39, 0.29) is 17.5 Å². The number of nitrogens with one attached hydrogen (secondary N) is 2. The smallest absolute Gasteiger partial charge is 0.407 e. The Morgan fingerprint density at radius 1 is 1.15 bits per heavy atom. The second-order valence-corrected chi connectivity index (χ2v) is 9.52. The predicted molar refractivity (Wildman–Crippen MR) is 127 cm³/mol. The molecular weight excluding hydrogens is 436 g/mol. The Bertz CT molecular complexity index is 1200. The molecule has 4 heterocycles. The van der Waals surface area contributed by atoms with Crippen LogP contribution >= 0.6 is 0 Å². The van der Waals surface area contributed by atoms with Gasteiger partial charge >= 0.3 is 6.09 Å². The topological polar surface area (TPSA) is 127 Å². The summed E-state index contributed by atoms with van der Waals surface area (Å²) in [6.45, 7) is 11.3. The third-order valence-corrected chi connectivity index (χ3v) is 5.38. The molecule has 3 aromatic rings. The van der Waals surface area contributed by atoms with Crippen LogP contribution < -0.4 is 15.5 Å². The van der Waals surface area contributed by atoms with E-state index in [1.165, 1.54) is 6.20 Å². The Kier molecular flexibility index (Phi) is 6.36. The van der Waals surface area contributed by atoms with Crippen molar-refractivity contribution in [3.63, 3.8) is 0 Å². The lowest BCUT2D eigenvalue weighted by Gasteiger charge is -2.21. The zero-order valence-corrected chi connectivity index (χ0v) is 20.1. The highest BCUT2D eigenvalue weighted by Gasteiger charge is 2.25. The Morgan fingerprint density at radius 2 is 1.94 bits per heavy atom. The van der Waals surface area contributed by atoms with E-state index in [9.17, 15) is 9.59 Å². The van der Waals surface area contributed by atoms with E-state index in [2.05, 4.69) is 35.5 Å². The number of alkyl carbamates (subject to hydrolysis) is 1. The number of imidazole rings is 1. The zero-order valence-electron chi connectivity index (χ0n) is 20.1. The van der Waals surface area contributed by atoms with Crippen LogP contribution in [0.3, 0.4) is 0 Å². The van der Waals surface area contributed by atoms with Gasteiger partial charge in [0.25, 0.3) is 5.91 Å². The maximum Gasteiger partial charge on any atom is 0.407 e. The monoisotopic (exact) mass is 466 g/mol. The van der Waals surface area contributed by atoms with E-state index in [0.29, 0.717) is 18.2 Å². The molecule has 2 N–H and O–H groups in total. The number of hydrogen-bond donors (Lipinski definition) is 2. The van der Waals surface area contributed by atoms with Crippen molar-refractivity contribution >= 4 is 29.3 Å². The molecule has 4 rings (SSSR count). The van der Waals surface area contributed by atoms with E-state index in [1.807, 2.05) is 45.2 Å². The lowest BCUT2D eigenvalue weighted by Crippen LogP contribution is -2.36. The first-order valence-corrected chi connectivity index (χ1v) is 11.3. The largest absolute Gasteiger partial charge is 0.444 e. The van der Waals surface area contributed by atoms with E-state index in [1.54, 1.807) is 12.4 Å². The second kappa shape index (κ2) is 9.24. The van der Waals surface area contributed by atoms with Gasteiger partial charge in [-0.05, 0) is 47.0 Å². The fourth-order valence-corrected chi connectivity index (χ4v) is 3.87. The van der Waals surface area contributed by atoms with Gasteiger partial charge in [0.2, 0.25) is 0 Å². The lowest BCUT2D eigenvalue weighted by molar-refractivity contribution is 0.0520. The van der Waals surface area contributed by atoms with Gasteiger partial charge in [-0.15, -0.1) is 0 Å². The highest BCUT2D eigenvalue weighted by molar-refractivity contribution is 6.02. The molecule has 0 saturated carbocycles. The molecule has 1 aliphatic heterocycles. The number of carbonyl (C=O) groups is 2. The normalized spacial score (nSPS) is 16.0. The van der Waals surface area contributed by atoms with Crippen molar-refractivity contribution in [3.05, 3.63) is 41.9 Å². The Hall–Kier alpha value is -3.76. The number of carbonyl (C=O) groups excluding carboxylic acids is 2. The van der Waals surface area contributed by atoms with Crippen molar-refractivity contribution in [2.75, 3.05) is 29.9 Å². The molecule has 11 heteroatoms. The predicted octanol–water partition coefficient (Wildman–Crippen LogP) is 2.74. The third-order valence-electron chi connectivity index (χ3n) is 5.38. The average Bonchev–Trinajstić information content (AvgIpc) is 3.37. The van der Waals surface area contributed by atoms with E-state index in [4.69, 9.17) is 4.74 Å². The van der Waals surface area contributed by atoms with Gasteiger partial charge in [-0.3, -0.25) is 4.79 Å². The van der Waals surface area contributed by atoms with Gasteiger partial charge in [0.15, 0.2) is 5.65 Å². The number of anilines is 2. The van der Waals surface area contributed by atoms with Gasteiger partial charge in [0, 0.05) is 25.8 Å². The number of hydrogen-bond acceptors (Lipinski definition) is 8. The van der Waals surface area contributed by atoms with Crippen LogP contribution in [-0.4, -0.2) is 61.6 Å². The molecule has 1 aliphatic rings. The minimum Gasteiger partial charge on any atom is -0.444 e. The van der Waals surface area contributed by atoms with Crippen LogP contribution in [-0.2, 0) is 4.74 Å². The lowest BCUT2D eigenvalue weighted by atomic mass is 10.1. The summed E-state index contributed by atoms with van der Waals surface area (Å²) in [5, 5.41) is 5.60. The summed E-state index contributed by atoms with van der Waals surface area (Å²) in [5.74, 6) is 1.01. The van der Waals surface area contributed by atoms with Crippen LogP contribution in [0.25, 0.3) is 5.65 Å². The van der Waals surface area contributed by atoms with Crippen molar-refractivity contribution in [3.8, 4) is 0 Å². The van der Waals surface area contributed by atoms with Gasteiger partial charge in [-0.2, -0.15) is 0 Å². The van der Waals surface area contributed by atoms with Crippen molar-refractivity contribution in [1.29, 1.82) is 0 Å².